The van der Waals surface area contributed by atoms with E-state index in [1.165, 1.54) is 0 Å². The molecule has 1 aromatic rings. The van der Waals surface area contributed by atoms with E-state index >= 15 is 0 Å². The highest BCUT2D eigenvalue weighted by Crippen LogP contribution is 2.21. The van der Waals surface area contributed by atoms with Crippen molar-refractivity contribution in [3.8, 4) is 5.75 Å². The highest BCUT2D eigenvalue weighted by atomic mass is 32.2. The monoisotopic (exact) mass is 299 g/mol. The Hall–Kier alpha value is -1.24. The van der Waals surface area contributed by atoms with Crippen molar-refractivity contribution in [1.82, 2.24) is 0 Å². The molecule has 0 aliphatic heterocycles. The van der Waals surface area contributed by atoms with Crippen molar-refractivity contribution in [2.45, 2.75) is 25.5 Å². The number of carbonyl (C=O) groups excluding carboxylic acids is 1. The minimum atomic E-state index is -0.208. The molecule has 0 heterocycles. The normalized spacial score (nSPS) is 10.3. The van der Waals surface area contributed by atoms with Gasteiger partial charge in [0.15, 0.2) is 0 Å². The molecule has 0 bridgehead atoms. The summed E-state index contributed by atoms with van der Waals surface area (Å²) in [6.45, 7) is 2.62. The molecule has 0 amide bonds. The first-order chi connectivity index (χ1) is 9.69. The van der Waals surface area contributed by atoms with E-state index in [2.05, 4.69) is 0 Å². The molecule has 6 heteroatoms. The standard InChI is InChI=1S/C14H21NO4S/c1-3-18-14(16)5-4-6-19-13-8-11(10-20-2)7-12(9-13)15-17/h7-9H,3-6,10,15H2,1-2H3. The maximum atomic E-state index is 11.2. The molecule has 0 atom stereocenters. The molecule has 20 heavy (non-hydrogen) atoms. The van der Waals surface area contributed by atoms with Crippen molar-refractivity contribution in [2.24, 2.45) is 0 Å². The fraction of sp³-hybridized carbons (Fsp3) is 0.500. The molecule has 0 saturated carbocycles. The molecule has 0 unspecified atom stereocenters. The molecule has 0 fully saturated rings. The van der Waals surface area contributed by atoms with Crippen molar-refractivity contribution in [1.29, 1.82) is 0 Å². The van der Waals surface area contributed by atoms with E-state index < -0.39 is 0 Å². The fourth-order valence-electron chi connectivity index (χ4n) is 1.73. The summed E-state index contributed by atoms with van der Waals surface area (Å²) in [5.41, 5.74) is 2.48. The third kappa shape index (κ3) is 6.27. The van der Waals surface area contributed by atoms with Crippen molar-refractivity contribution in [3.05, 3.63) is 29.0 Å². The summed E-state index contributed by atoms with van der Waals surface area (Å²) in [5.74, 6) is 1.30. The van der Waals surface area contributed by atoms with Gasteiger partial charge >= 0.3 is 5.97 Å². The van der Waals surface area contributed by atoms with E-state index in [1.807, 2.05) is 18.4 Å². The van der Waals surface area contributed by atoms with Gasteiger partial charge in [0.1, 0.15) is 11.4 Å². The predicted octanol–water partition coefficient (Wildman–Crippen LogP) is 1.96. The summed E-state index contributed by atoms with van der Waals surface area (Å²) in [7, 11) is 0. The maximum absolute atomic E-state index is 11.2. The Bertz CT molecular complexity index is 426. The lowest BCUT2D eigenvalue weighted by atomic mass is 10.2. The number of ether oxygens (including phenoxy) is 2. The van der Waals surface area contributed by atoms with Crippen LogP contribution in [0.15, 0.2) is 18.2 Å². The lowest BCUT2D eigenvalue weighted by Crippen LogP contribution is -2.70. The first kappa shape index (κ1) is 16.8. The van der Waals surface area contributed by atoms with Gasteiger partial charge in [0, 0.05) is 24.3 Å². The summed E-state index contributed by atoms with van der Waals surface area (Å²) in [4.78, 5) is 11.2. The minimum Gasteiger partial charge on any atom is -0.630 e. The largest absolute Gasteiger partial charge is 0.630 e. The molecule has 0 saturated heterocycles. The molecular weight excluding hydrogens is 278 g/mol. The highest BCUT2D eigenvalue weighted by Gasteiger charge is 2.05. The van der Waals surface area contributed by atoms with Crippen LogP contribution in [0.4, 0.5) is 5.69 Å². The zero-order chi connectivity index (χ0) is 14.8. The molecule has 2 N–H and O–H groups in total. The summed E-state index contributed by atoms with van der Waals surface area (Å²) < 4.78 is 10.4. The Balaban J connectivity index is 2.46. The van der Waals surface area contributed by atoms with Gasteiger partial charge < -0.3 is 20.2 Å². The van der Waals surface area contributed by atoms with Gasteiger partial charge in [-0.2, -0.15) is 11.8 Å². The second kappa shape index (κ2) is 9.63. The second-order valence-corrected chi connectivity index (χ2v) is 5.08. The van der Waals surface area contributed by atoms with E-state index in [0.29, 0.717) is 37.5 Å². The Morgan fingerprint density at radius 3 is 2.85 bits per heavy atom. The van der Waals surface area contributed by atoms with Gasteiger partial charge in [0.2, 0.25) is 0 Å². The van der Waals surface area contributed by atoms with Crippen molar-refractivity contribution in [2.75, 3.05) is 19.5 Å². The van der Waals surface area contributed by atoms with Gasteiger partial charge in [0.25, 0.3) is 0 Å². The molecule has 0 aliphatic rings. The zero-order valence-corrected chi connectivity index (χ0v) is 12.7. The van der Waals surface area contributed by atoms with Crippen LogP contribution in [0, 0.1) is 5.21 Å². The third-order valence-corrected chi connectivity index (χ3v) is 3.16. The van der Waals surface area contributed by atoms with E-state index in [0.717, 1.165) is 16.8 Å². The zero-order valence-electron chi connectivity index (χ0n) is 11.9. The van der Waals surface area contributed by atoms with Crippen LogP contribution in [0.1, 0.15) is 25.3 Å². The van der Waals surface area contributed by atoms with Crippen LogP contribution >= 0.6 is 11.8 Å². The average molecular weight is 299 g/mol. The minimum absolute atomic E-state index is 0.208. The number of rotatable bonds is 9. The van der Waals surface area contributed by atoms with Gasteiger partial charge in [-0.3, -0.25) is 4.79 Å². The summed E-state index contributed by atoms with van der Waals surface area (Å²) >= 11 is 1.69. The number of quaternary nitrogens is 1. The molecule has 0 spiro atoms. The number of benzene rings is 1. The first-order valence-corrected chi connectivity index (χ1v) is 7.95. The van der Waals surface area contributed by atoms with Gasteiger partial charge in [-0.1, -0.05) is 0 Å². The van der Waals surface area contributed by atoms with E-state index in [9.17, 15) is 10.0 Å². The van der Waals surface area contributed by atoms with E-state index in [-0.39, 0.29) is 5.97 Å². The Labute approximate surface area is 123 Å². The van der Waals surface area contributed by atoms with Crippen molar-refractivity contribution < 1.29 is 19.7 Å². The maximum Gasteiger partial charge on any atom is 0.305 e. The van der Waals surface area contributed by atoms with E-state index in [4.69, 9.17) is 9.47 Å². The molecular formula is C14H21NO4S. The van der Waals surface area contributed by atoms with Gasteiger partial charge in [-0.25, -0.2) is 0 Å². The van der Waals surface area contributed by atoms with Crippen LogP contribution in [0.2, 0.25) is 0 Å². The molecule has 1 aromatic carbocycles. The molecule has 0 radical (unpaired) electrons. The van der Waals surface area contributed by atoms with Crippen LogP contribution in [-0.2, 0) is 15.3 Å². The van der Waals surface area contributed by atoms with Gasteiger partial charge in [-0.05, 0) is 31.2 Å². The summed E-state index contributed by atoms with van der Waals surface area (Å²) in [5, 5.41) is 10.9. The number of hydrogen-bond acceptors (Lipinski definition) is 5. The third-order valence-electron chi connectivity index (χ3n) is 2.54. The number of hydrogen-bond donors (Lipinski definition) is 1. The van der Waals surface area contributed by atoms with Crippen LogP contribution in [0.25, 0.3) is 0 Å². The van der Waals surface area contributed by atoms with Crippen LogP contribution in [0.3, 0.4) is 0 Å². The number of thioether (sulfide) groups is 1. The second-order valence-electron chi connectivity index (χ2n) is 4.22. The molecule has 5 nitrogen and oxygen atoms in total. The SMILES string of the molecule is CCOC(=O)CCCOc1cc(CSC)cc([NH2+][O-])c1. The average Bonchev–Trinajstić information content (AvgIpc) is 2.44. The van der Waals surface area contributed by atoms with Crippen LogP contribution < -0.4 is 10.2 Å². The lowest BCUT2D eigenvalue weighted by molar-refractivity contribution is -0.497. The smallest absolute Gasteiger partial charge is 0.305 e. The Morgan fingerprint density at radius 1 is 1.40 bits per heavy atom. The van der Waals surface area contributed by atoms with Gasteiger partial charge in [0.05, 0.1) is 13.2 Å². The highest BCUT2D eigenvalue weighted by molar-refractivity contribution is 7.97. The van der Waals surface area contributed by atoms with E-state index in [1.54, 1.807) is 24.8 Å². The number of nitrogens with two attached hydrogens (primary N) is 1. The predicted molar refractivity (Wildman–Crippen MR) is 80.0 cm³/mol. The van der Waals surface area contributed by atoms with Crippen molar-refractivity contribution >= 4 is 23.4 Å². The van der Waals surface area contributed by atoms with Crippen LogP contribution in [0.5, 0.6) is 5.75 Å². The fourth-order valence-corrected chi connectivity index (χ4v) is 2.23. The summed E-state index contributed by atoms with van der Waals surface area (Å²) in [6.07, 6.45) is 2.95. The Morgan fingerprint density at radius 2 is 2.20 bits per heavy atom. The number of esters is 1. The summed E-state index contributed by atoms with van der Waals surface area (Å²) in [6, 6.07) is 5.49. The van der Waals surface area contributed by atoms with Crippen molar-refractivity contribution in [3.63, 3.8) is 0 Å². The lowest BCUT2D eigenvalue weighted by Gasteiger charge is -2.10. The number of carbonyl (C=O) groups is 1. The first-order valence-electron chi connectivity index (χ1n) is 6.56. The van der Waals surface area contributed by atoms with Gasteiger partial charge in [-0.15, -0.1) is 0 Å². The Kier molecular flexibility index (Phi) is 8.10. The molecule has 0 aliphatic carbocycles. The van der Waals surface area contributed by atoms with Crippen LogP contribution in [-0.4, -0.2) is 25.4 Å². The quantitative estimate of drug-likeness (QED) is 0.326. The molecule has 0 aromatic heterocycles. The molecule has 112 valence electrons. The molecule has 1 rings (SSSR count). The topological polar surface area (TPSA) is 75.2 Å².